The van der Waals surface area contributed by atoms with E-state index >= 15 is 0 Å². The maximum atomic E-state index is 14.5. The molecule has 0 bridgehead atoms. The van der Waals surface area contributed by atoms with Gasteiger partial charge in [0, 0.05) is 17.5 Å². The molecule has 2 unspecified atom stereocenters. The zero-order valence-corrected chi connectivity index (χ0v) is 22.8. The summed E-state index contributed by atoms with van der Waals surface area (Å²) in [6.45, 7) is 1.63. The van der Waals surface area contributed by atoms with Crippen molar-refractivity contribution in [1.82, 2.24) is 4.98 Å². The summed E-state index contributed by atoms with van der Waals surface area (Å²) in [5.41, 5.74) is 0.248. The number of carbonyl (C=O) groups is 1. The van der Waals surface area contributed by atoms with Crippen molar-refractivity contribution in [2.75, 3.05) is 13.8 Å². The number of hydrogen-bond donors (Lipinski definition) is 2. The van der Waals surface area contributed by atoms with Crippen LogP contribution in [0.4, 0.5) is 22.0 Å². The quantitative estimate of drug-likeness (QED) is 0.205. The summed E-state index contributed by atoms with van der Waals surface area (Å²) in [5.74, 6) is -0.537. The Kier molecular flexibility index (Phi) is 8.42. The summed E-state index contributed by atoms with van der Waals surface area (Å²) < 4.78 is 82.2. The predicted molar refractivity (Wildman–Crippen MR) is 142 cm³/mol. The monoisotopic (exact) mass is 578 g/mol. The first-order valence-electron chi connectivity index (χ1n) is 13.0. The molecule has 41 heavy (non-hydrogen) atoms. The summed E-state index contributed by atoms with van der Waals surface area (Å²) in [7, 11) is 1.38. The first-order valence-corrected chi connectivity index (χ1v) is 13.0. The van der Waals surface area contributed by atoms with Gasteiger partial charge in [0.2, 0.25) is 5.60 Å². The highest BCUT2D eigenvalue weighted by Crippen LogP contribution is 2.44. The third-order valence-electron chi connectivity index (χ3n) is 7.13. The zero-order chi connectivity index (χ0) is 30.2. The number of pyridine rings is 1. The van der Waals surface area contributed by atoms with Crippen LogP contribution in [0.1, 0.15) is 59.8 Å². The number of carbonyl (C=O) groups excluding carboxylic acids is 1. The van der Waals surface area contributed by atoms with Crippen LogP contribution in [0.15, 0.2) is 48.5 Å². The highest BCUT2D eigenvalue weighted by atomic mass is 19.4. The second kappa shape index (κ2) is 11.4. The van der Waals surface area contributed by atoms with Crippen molar-refractivity contribution in [1.29, 1.82) is 0 Å². The molecule has 0 aliphatic heterocycles. The summed E-state index contributed by atoms with van der Waals surface area (Å²) in [5, 5.41) is 11.1. The average molecular weight is 579 g/mol. The number of ketones is 1. The molecule has 1 aliphatic rings. The van der Waals surface area contributed by atoms with Crippen molar-refractivity contribution in [2.24, 2.45) is 5.73 Å². The minimum atomic E-state index is -5.27. The zero-order valence-electron chi connectivity index (χ0n) is 22.8. The number of alkyl halides is 4. The van der Waals surface area contributed by atoms with Gasteiger partial charge in [0.05, 0.1) is 30.1 Å². The van der Waals surface area contributed by atoms with Gasteiger partial charge in [0.25, 0.3) is 0 Å². The minimum Gasteiger partial charge on any atom is -0.493 e. The van der Waals surface area contributed by atoms with Gasteiger partial charge in [-0.3, -0.25) is 4.79 Å². The molecule has 0 saturated heterocycles. The number of aliphatic hydroxyl groups is 1. The highest BCUT2D eigenvalue weighted by molar-refractivity contribution is 5.96. The van der Waals surface area contributed by atoms with E-state index in [0.29, 0.717) is 5.75 Å². The maximum absolute atomic E-state index is 14.5. The van der Waals surface area contributed by atoms with Crippen LogP contribution in [0.25, 0.3) is 11.3 Å². The molecule has 0 amide bonds. The van der Waals surface area contributed by atoms with Crippen LogP contribution in [0.2, 0.25) is 0 Å². The van der Waals surface area contributed by atoms with Gasteiger partial charge >= 0.3 is 6.18 Å². The third kappa shape index (κ3) is 6.51. The molecular formula is C30H31F5N2O4. The number of Topliss-reactive ketones (excluding diaryl/α,β-unsaturated/α-hetero) is 1. The lowest BCUT2D eigenvalue weighted by Crippen LogP contribution is -2.44. The molecule has 1 aliphatic carbocycles. The fourth-order valence-electron chi connectivity index (χ4n) is 4.26. The molecule has 2 atom stereocenters. The molecule has 2 aromatic carbocycles. The van der Waals surface area contributed by atoms with E-state index in [1.807, 2.05) is 0 Å². The van der Waals surface area contributed by atoms with Crippen molar-refractivity contribution in [3.05, 3.63) is 76.7 Å². The van der Waals surface area contributed by atoms with Crippen molar-refractivity contribution >= 4 is 5.78 Å². The lowest BCUT2D eigenvalue weighted by molar-refractivity contribution is -0.270. The number of hydrogen-bond acceptors (Lipinski definition) is 6. The molecule has 3 aromatic rings. The highest BCUT2D eigenvalue weighted by Gasteiger charge is 2.56. The normalized spacial score (nSPS) is 16.5. The van der Waals surface area contributed by atoms with Gasteiger partial charge in [-0.05, 0) is 92.8 Å². The molecule has 0 radical (unpaired) electrons. The molecule has 1 aromatic heterocycles. The fraction of sp³-hybridized carbons (Fsp3) is 0.400. The third-order valence-corrected chi connectivity index (χ3v) is 7.13. The fourth-order valence-corrected chi connectivity index (χ4v) is 4.26. The number of aryl methyl sites for hydroxylation is 1. The van der Waals surface area contributed by atoms with Gasteiger partial charge < -0.3 is 20.3 Å². The van der Waals surface area contributed by atoms with Crippen LogP contribution in [0, 0.1) is 12.7 Å². The predicted octanol–water partition coefficient (Wildman–Crippen LogP) is 6.30. The van der Waals surface area contributed by atoms with Crippen LogP contribution in [0.5, 0.6) is 11.5 Å². The van der Waals surface area contributed by atoms with Crippen LogP contribution in [-0.4, -0.2) is 41.9 Å². The largest absolute Gasteiger partial charge is 0.493 e. The molecule has 0 spiro atoms. The number of ether oxygens (including phenoxy) is 2. The van der Waals surface area contributed by atoms with E-state index in [0.717, 1.165) is 25.0 Å². The van der Waals surface area contributed by atoms with Crippen LogP contribution >= 0.6 is 0 Å². The average Bonchev–Trinajstić information content (AvgIpc) is 3.76. The van der Waals surface area contributed by atoms with Gasteiger partial charge in [-0.2, -0.15) is 13.2 Å². The van der Waals surface area contributed by atoms with Gasteiger partial charge in [-0.15, -0.1) is 0 Å². The van der Waals surface area contributed by atoms with Crippen LogP contribution in [0.3, 0.4) is 0 Å². The smallest absolute Gasteiger partial charge is 0.422 e. The van der Waals surface area contributed by atoms with E-state index in [-0.39, 0.29) is 39.8 Å². The Morgan fingerprint density at radius 3 is 2.39 bits per heavy atom. The van der Waals surface area contributed by atoms with Crippen molar-refractivity contribution in [2.45, 2.75) is 63.0 Å². The Hall–Kier alpha value is -3.57. The molecule has 1 heterocycles. The topological polar surface area (TPSA) is 94.7 Å². The molecule has 1 saturated carbocycles. The standard InChI is InChI=1S/C30H31F5N2O4/c1-17-12-18(4-8-22(17)32)23-14-20(28(2,36)16-31)15-27(37-23)29(39,30(33,34)35)11-10-24(38)19-5-9-25(26(13-19)40-3)41-21-6-7-21/h4-5,8-9,12-15,21,39H,6-7,10-11,16,36H2,1-3H3. The molecule has 1 fully saturated rings. The van der Waals surface area contributed by atoms with E-state index in [1.165, 1.54) is 57.4 Å². The van der Waals surface area contributed by atoms with Gasteiger partial charge in [0.1, 0.15) is 12.5 Å². The molecule has 3 N–H and O–H groups in total. The Morgan fingerprint density at radius 2 is 1.80 bits per heavy atom. The van der Waals surface area contributed by atoms with Crippen molar-refractivity contribution in [3.8, 4) is 22.8 Å². The van der Waals surface area contributed by atoms with E-state index in [4.69, 9.17) is 15.2 Å². The maximum Gasteiger partial charge on any atom is 0.422 e. The molecule has 11 heteroatoms. The number of aromatic nitrogens is 1. The van der Waals surface area contributed by atoms with Crippen molar-refractivity contribution in [3.63, 3.8) is 0 Å². The van der Waals surface area contributed by atoms with Gasteiger partial charge in [-0.1, -0.05) is 0 Å². The lowest BCUT2D eigenvalue weighted by Gasteiger charge is -2.32. The van der Waals surface area contributed by atoms with E-state index < -0.39 is 54.1 Å². The summed E-state index contributed by atoms with van der Waals surface area (Å²) in [6.07, 6.45) is -5.20. The Bertz CT molecular complexity index is 1440. The molecule has 6 nitrogen and oxygen atoms in total. The summed E-state index contributed by atoms with van der Waals surface area (Å²) >= 11 is 0. The Labute approximate surface area is 234 Å². The SMILES string of the molecule is COc1cc(C(=O)CCC(O)(c2cc(C(C)(N)CF)cc(-c3ccc(F)c(C)c3)n2)C(F)(F)F)ccc1OC1CC1. The number of nitrogens with two attached hydrogens (primary N) is 1. The summed E-state index contributed by atoms with van der Waals surface area (Å²) in [6, 6.07) is 10.3. The number of rotatable bonds is 11. The van der Waals surface area contributed by atoms with E-state index in [1.54, 1.807) is 0 Å². The Balaban J connectivity index is 1.71. The number of methoxy groups -OCH3 is 1. The van der Waals surface area contributed by atoms with E-state index in [9.17, 15) is 31.9 Å². The molecular weight excluding hydrogens is 547 g/mol. The number of benzene rings is 2. The summed E-state index contributed by atoms with van der Waals surface area (Å²) in [4.78, 5) is 17.1. The lowest BCUT2D eigenvalue weighted by atomic mass is 9.86. The number of nitrogens with zero attached hydrogens (tertiary/aromatic N) is 1. The molecule has 220 valence electrons. The second-order valence-electron chi connectivity index (χ2n) is 10.6. The first kappa shape index (κ1) is 30.4. The van der Waals surface area contributed by atoms with Gasteiger partial charge in [-0.25, -0.2) is 13.8 Å². The molecule has 4 rings (SSSR count). The van der Waals surface area contributed by atoms with Gasteiger partial charge in [0.15, 0.2) is 17.3 Å². The second-order valence-corrected chi connectivity index (χ2v) is 10.6. The Morgan fingerprint density at radius 1 is 1.10 bits per heavy atom. The van der Waals surface area contributed by atoms with Crippen molar-refractivity contribution < 1.29 is 41.3 Å². The van der Waals surface area contributed by atoms with E-state index in [2.05, 4.69) is 4.98 Å². The first-order chi connectivity index (χ1) is 19.2. The van der Waals surface area contributed by atoms with Crippen LogP contribution in [-0.2, 0) is 11.1 Å². The van der Waals surface area contributed by atoms with Crippen LogP contribution < -0.4 is 15.2 Å². The number of halogens is 5. The minimum absolute atomic E-state index is 0.0620.